The van der Waals surface area contributed by atoms with Gasteiger partial charge in [0.2, 0.25) is 0 Å². The molecule has 70 valence electrons. The summed E-state index contributed by atoms with van der Waals surface area (Å²) in [5, 5.41) is 13.2. The average Bonchev–Trinajstić information content (AvgIpc) is 2.61. The number of carbonyl (C=O) groups excluding carboxylic acids is 1. The molecule has 4 nitrogen and oxygen atoms in total. The van der Waals surface area contributed by atoms with E-state index in [1.165, 1.54) is 10.9 Å². The second-order valence-corrected chi connectivity index (χ2v) is 2.80. The van der Waals surface area contributed by atoms with E-state index >= 15 is 0 Å². The minimum Gasteiger partial charge on any atom is -0.504 e. The van der Waals surface area contributed by atoms with Gasteiger partial charge in [-0.3, -0.25) is 4.79 Å². The quantitative estimate of drug-likeness (QED) is 0.724. The number of nitrogens with zero attached hydrogens (tertiary/aromatic N) is 2. The number of aromatic hydroxyl groups is 1. The summed E-state index contributed by atoms with van der Waals surface area (Å²) in [5.41, 5.74) is 0.852. The maximum absolute atomic E-state index is 10.4. The number of rotatable bonds is 2. The third-order valence-corrected chi connectivity index (χ3v) is 1.85. The lowest BCUT2D eigenvalue weighted by Gasteiger charge is -1.97. The van der Waals surface area contributed by atoms with Crippen molar-refractivity contribution in [3.63, 3.8) is 0 Å². The minimum atomic E-state index is -0.108. The van der Waals surface area contributed by atoms with Crippen LogP contribution in [0.4, 0.5) is 0 Å². The summed E-state index contributed by atoms with van der Waals surface area (Å²) in [7, 11) is 0. The molecule has 0 unspecified atom stereocenters. The third-order valence-electron chi connectivity index (χ3n) is 1.85. The fourth-order valence-electron chi connectivity index (χ4n) is 1.18. The zero-order valence-corrected chi connectivity index (χ0v) is 7.29. The van der Waals surface area contributed by atoms with Crippen LogP contribution in [0.25, 0.3) is 5.69 Å². The topological polar surface area (TPSA) is 55.1 Å². The van der Waals surface area contributed by atoms with Gasteiger partial charge in [-0.25, -0.2) is 4.68 Å². The van der Waals surface area contributed by atoms with Crippen molar-refractivity contribution in [3.8, 4) is 11.4 Å². The van der Waals surface area contributed by atoms with Gasteiger partial charge in [0.05, 0.1) is 11.9 Å². The van der Waals surface area contributed by atoms with E-state index in [2.05, 4.69) is 5.10 Å². The first kappa shape index (κ1) is 8.50. The van der Waals surface area contributed by atoms with Gasteiger partial charge in [-0.15, -0.1) is 0 Å². The van der Waals surface area contributed by atoms with Crippen LogP contribution in [0, 0.1) is 0 Å². The van der Waals surface area contributed by atoms with Crippen molar-refractivity contribution < 1.29 is 9.90 Å². The number of hydrogen-bond acceptors (Lipinski definition) is 3. The summed E-state index contributed by atoms with van der Waals surface area (Å²) in [6, 6.07) is 9.26. The number of aromatic nitrogens is 2. The van der Waals surface area contributed by atoms with E-state index < -0.39 is 0 Å². The van der Waals surface area contributed by atoms with Crippen LogP contribution in [-0.2, 0) is 0 Å². The molecule has 0 aliphatic carbocycles. The van der Waals surface area contributed by atoms with E-state index in [0.29, 0.717) is 6.29 Å². The van der Waals surface area contributed by atoms with Crippen LogP contribution in [0.1, 0.15) is 10.5 Å². The summed E-state index contributed by atoms with van der Waals surface area (Å²) in [6.45, 7) is 0. The first-order valence-electron chi connectivity index (χ1n) is 4.10. The molecule has 1 aromatic carbocycles. The highest BCUT2D eigenvalue weighted by Crippen LogP contribution is 2.15. The van der Waals surface area contributed by atoms with Crippen LogP contribution in [0.5, 0.6) is 5.75 Å². The van der Waals surface area contributed by atoms with Crippen molar-refractivity contribution in [3.05, 3.63) is 42.2 Å². The van der Waals surface area contributed by atoms with E-state index in [1.54, 1.807) is 0 Å². The average molecular weight is 188 g/mol. The van der Waals surface area contributed by atoms with E-state index in [4.69, 9.17) is 0 Å². The van der Waals surface area contributed by atoms with Gasteiger partial charge < -0.3 is 5.11 Å². The number of carbonyl (C=O) groups is 1. The molecule has 1 heterocycles. The molecule has 14 heavy (non-hydrogen) atoms. The molecule has 2 rings (SSSR count). The number of para-hydroxylation sites is 1. The number of hydrogen-bond donors (Lipinski definition) is 1. The molecule has 1 aromatic heterocycles. The van der Waals surface area contributed by atoms with Gasteiger partial charge in [-0.05, 0) is 12.1 Å². The van der Waals surface area contributed by atoms with Gasteiger partial charge in [0.25, 0.3) is 0 Å². The van der Waals surface area contributed by atoms with Gasteiger partial charge in [0.1, 0.15) is 0 Å². The van der Waals surface area contributed by atoms with Crippen LogP contribution in [0.15, 0.2) is 36.5 Å². The monoisotopic (exact) mass is 188 g/mol. The number of aldehydes is 1. The van der Waals surface area contributed by atoms with Gasteiger partial charge in [0.15, 0.2) is 17.7 Å². The fourth-order valence-corrected chi connectivity index (χ4v) is 1.18. The van der Waals surface area contributed by atoms with E-state index in [0.717, 1.165) is 5.69 Å². The summed E-state index contributed by atoms with van der Waals surface area (Å²) in [6.07, 6.45) is 1.92. The Hall–Kier alpha value is -2.10. The van der Waals surface area contributed by atoms with Crippen LogP contribution >= 0.6 is 0 Å². The van der Waals surface area contributed by atoms with Crippen molar-refractivity contribution >= 4 is 6.29 Å². The predicted molar refractivity (Wildman–Crippen MR) is 50.6 cm³/mol. The Morgan fingerprint density at radius 2 is 2.00 bits per heavy atom. The number of benzene rings is 1. The molecule has 0 spiro atoms. The Morgan fingerprint density at radius 1 is 1.29 bits per heavy atom. The molecule has 1 N–H and O–H groups in total. The molecule has 4 heteroatoms. The second-order valence-electron chi connectivity index (χ2n) is 2.80. The van der Waals surface area contributed by atoms with Gasteiger partial charge in [0, 0.05) is 0 Å². The standard InChI is InChI=1S/C10H8N2O2/c13-7-9-10(14)6-12(11-9)8-4-2-1-3-5-8/h1-7,14H. The molecule has 0 saturated heterocycles. The smallest absolute Gasteiger partial charge is 0.174 e. The normalized spacial score (nSPS) is 10.0. The van der Waals surface area contributed by atoms with Crippen molar-refractivity contribution in [2.75, 3.05) is 0 Å². The molecule has 0 radical (unpaired) electrons. The SMILES string of the molecule is O=Cc1nn(-c2ccccc2)cc1O. The van der Waals surface area contributed by atoms with Crippen molar-refractivity contribution in [1.29, 1.82) is 0 Å². The lowest BCUT2D eigenvalue weighted by molar-refractivity contribution is 0.111. The van der Waals surface area contributed by atoms with Crippen molar-refractivity contribution in [1.82, 2.24) is 9.78 Å². The summed E-state index contributed by atoms with van der Waals surface area (Å²) < 4.78 is 1.46. The van der Waals surface area contributed by atoms with Gasteiger partial charge in [-0.1, -0.05) is 18.2 Å². The largest absolute Gasteiger partial charge is 0.504 e. The Labute approximate surface area is 80.4 Å². The molecular formula is C10H8N2O2. The van der Waals surface area contributed by atoms with Crippen LogP contribution in [0.2, 0.25) is 0 Å². The Bertz CT molecular complexity index is 448. The van der Waals surface area contributed by atoms with E-state index in [-0.39, 0.29) is 11.4 Å². The molecule has 0 bridgehead atoms. The molecule has 0 saturated carbocycles. The molecule has 0 aliphatic rings. The van der Waals surface area contributed by atoms with Gasteiger partial charge >= 0.3 is 0 Å². The fraction of sp³-hybridized carbons (Fsp3) is 0. The van der Waals surface area contributed by atoms with Crippen LogP contribution < -0.4 is 0 Å². The Balaban J connectivity index is 2.48. The maximum Gasteiger partial charge on any atom is 0.174 e. The molecule has 0 amide bonds. The zero-order chi connectivity index (χ0) is 9.97. The first-order chi connectivity index (χ1) is 6.81. The molecule has 0 fully saturated rings. The maximum atomic E-state index is 10.4. The highest BCUT2D eigenvalue weighted by Gasteiger charge is 2.06. The van der Waals surface area contributed by atoms with Crippen LogP contribution in [-0.4, -0.2) is 21.2 Å². The zero-order valence-electron chi connectivity index (χ0n) is 7.29. The Kier molecular flexibility index (Phi) is 2.02. The van der Waals surface area contributed by atoms with Crippen molar-refractivity contribution in [2.45, 2.75) is 0 Å². The van der Waals surface area contributed by atoms with E-state index in [1.807, 2.05) is 30.3 Å². The summed E-state index contributed by atoms with van der Waals surface area (Å²) in [5.74, 6) is -0.108. The lowest BCUT2D eigenvalue weighted by Crippen LogP contribution is -1.94. The first-order valence-corrected chi connectivity index (χ1v) is 4.10. The third kappa shape index (κ3) is 1.37. The lowest BCUT2D eigenvalue weighted by atomic mass is 10.3. The minimum absolute atomic E-state index is 0.0499. The highest BCUT2D eigenvalue weighted by atomic mass is 16.3. The van der Waals surface area contributed by atoms with Gasteiger partial charge in [-0.2, -0.15) is 5.10 Å². The van der Waals surface area contributed by atoms with E-state index in [9.17, 15) is 9.90 Å². The van der Waals surface area contributed by atoms with Crippen LogP contribution in [0.3, 0.4) is 0 Å². The molecular weight excluding hydrogens is 180 g/mol. The highest BCUT2D eigenvalue weighted by molar-refractivity contribution is 5.75. The Morgan fingerprint density at radius 3 is 2.57 bits per heavy atom. The summed E-state index contributed by atoms with van der Waals surface area (Å²) in [4.78, 5) is 10.4. The molecule has 0 aliphatic heterocycles. The molecule has 0 atom stereocenters. The molecule has 2 aromatic rings. The predicted octanol–water partition coefficient (Wildman–Crippen LogP) is 1.39. The summed E-state index contributed by atoms with van der Waals surface area (Å²) >= 11 is 0. The van der Waals surface area contributed by atoms with Crippen molar-refractivity contribution in [2.24, 2.45) is 0 Å². The second kappa shape index (κ2) is 3.33.